The third-order valence-electron chi connectivity index (χ3n) is 19.0. The van der Waals surface area contributed by atoms with Crippen molar-refractivity contribution >= 4 is 67.9 Å². The minimum absolute atomic E-state index is 0.00175. The molecule has 0 fully saturated rings. The summed E-state index contributed by atoms with van der Waals surface area (Å²) >= 11 is 2.08. The summed E-state index contributed by atoms with van der Waals surface area (Å²) in [6.45, 7) is 16.2. The molecular weight excluding hydrogens is 972 g/mol. The zero-order valence-corrected chi connectivity index (χ0v) is 46.5. The number of rotatable bonds is 2. The molecule has 0 unspecified atom stereocenters. The fourth-order valence-electron chi connectivity index (χ4n) is 15.7. The number of thiophene rings is 1. The molecule has 4 aliphatic carbocycles. The molecule has 17 rings (SSSR count). The van der Waals surface area contributed by atoms with Crippen LogP contribution in [0.2, 0.25) is 0 Å². The molecule has 0 saturated carbocycles. The average Bonchev–Trinajstić information content (AvgIpc) is 2.02. The Morgan fingerprint density at radius 2 is 0.772 bits per heavy atom. The molecule has 6 aliphatic rings. The van der Waals surface area contributed by atoms with Crippen LogP contribution in [0.15, 0.2) is 218 Å². The summed E-state index contributed by atoms with van der Waals surface area (Å²) in [5, 5.41) is 0. The minimum Gasteiger partial charge on any atom is -0.311 e. The first kappa shape index (κ1) is 45.6. The molecule has 1 aromatic heterocycles. The standard InChI is InChI=1S/C75H57BN2S/c1-44-40-65-68-66(41-44)78(48-38-34-46(35-39-48)73(5,6)7)69-67-54-25-13-19-31-61(54)75(59-29-17-10-22-51(59)52-23-11-18-30-60(52)75)70(67)79-71(69)76(68)63-43-62-55(42-64(63)77(65)47-36-32-45(33-37-47)72(2,3)4)53-24-12-16-28-58(53)74(62)56-26-14-8-20-49(56)50-21-9-15-27-57(50)74/h8-43H,1-7H3. The topological polar surface area (TPSA) is 6.48 Å². The summed E-state index contributed by atoms with van der Waals surface area (Å²) in [6.07, 6.45) is 0. The number of anilines is 6. The Bertz CT molecular complexity index is 4390. The Morgan fingerprint density at radius 3 is 1.24 bits per heavy atom. The van der Waals surface area contributed by atoms with Crippen LogP contribution in [-0.4, -0.2) is 6.71 Å². The van der Waals surface area contributed by atoms with Gasteiger partial charge >= 0.3 is 0 Å². The largest absolute Gasteiger partial charge is 0.311 e. The Kier molecular flexibility index (Phi) is 8.90. The van der Waals surface area contributed by atoms with Crippen molar-refractivity contribution in [3.8, 4) is 44.5 Å². The number of aryl methyl sites for hydroxylation is 1. The maximum absolute atomic E-state index is 2.71. The van der Waals surface area contributed by atoms with Crippen molar-refractivity contribution in [3.63, 3.8) is 0 Å². The summed E-state index contributed by atoms with van der Waals surface area (Å²) in [5.41, 5.74) is 33.2. The van der Waals surface area contributed by atoms with Crippen molar-refractivity contribution in [2.45, 2.75) is 70.1 Å². The van der Waals surface area contributed by atoms with E-state index in [0.29, 0.717) is 0 Å². The highest BCUT2D eigenvalue weighted by Crippen LogP contribution is 2.68. The van der Waals surface area contributed by atoms with Crippen LogP contribution in [0.25, 0.3) is 44.5 Å². The van der Waals surface area contributed by atoms with Gasteiger partial charge in [-0.2, -0.15) is 0 Å². The second-order valence-electron chi connectivity index (χ2n) is 25.2. The Morgan fingerprint density at radius 1 is 0.380 bits per heavy atom. The van der Waals surface area contributed by atoms with Crippen LogP contribution in [0.4, 0.5) is 34.1 Å². The third-order valence-corrected chi connectivity index (χ3v) is 20.4. The zero-order chi connectivity index (χ0) is 53.1. The fourth-order valence-corrected chi connectivity index (χ4v) is 17.4. The second kappa shape index (κ2) is 15.4. The highest BCUT2D eigenvalue weighted by Gasteiger charge is 2.58. The van der Waals surface area contributed by atoms with Gasteiger partial charge < -0.3 is 9.80 Å². The monoisotopic (exact) mass is 1030 g/mol. The van der Waals surface area contributed by atoms with Crippen molar-refractivity contribution in [2.24, 2.45) is 0 Å². The van der Waals surface area contributed by atoms with E-state index in [2.05, 4.69) is 288 Å². The van der Waals surface area contributed by atoms with Gasteiger partial charge in [-0.1, -0.05) is 217 Å². The van der Waals surface area contributed by atoms with E-state index in [1.165, 1.54) is 155 Å². The zero-order valence-electron chi connectivity index (χ0n) is 45.7. The van der Waals surface area contributed by atoms with Gasteiger partial charge in [0.05, 0.1) is 16.5 Å². The molecule has 3 heterocycles. The first-order valence-electron chi connectivity index (χ1n) is 28.3. The van der Waals surface area contributed by atoms with Gasteiger partial charge in [0.1, 0.15) is 0 Å². The van der Waals surface area contributed by atoms with E-state index < -0.39 is 10.8 Å². The Balaban J connectivity index is 1.03. The molecule has 2 spiro atoms. The maximum atomic E-state index is 2.71. The summed E-state index contributed by atoms with van der Waals surface area (Å²) in [7, 11) is 0. The number of hydrogen-bond donors (Lipinski definition) is 0. The first-order valence-corrected chi connectivity index (χ1v) is 29.1. The summed E-state index contributed by atoms with van der Waals surface area (Å²) in [4.78, 5) is 6.76. The minimum atomic E-state index is -0.500. The summed E-state index contributed by atoms with van der Waals surface area (Å²) in [6, 6.07) is 85.2. The molecule has 0 atom stereocenters. The lowest BCUT2D eigenvalue weighted by Crippen LogP contribution is -2.60. The molecule has 0 amide bonds. The molecule has 376 valence electrons. The van der Waals surface area contributed by atoms with Crippen molar-refractivity contribution in [1.29, 1.82) is 0 Å². The third kappa shape index (κ3) is 5.63. The van der Waals surface area contributed by atoms with Gasteiger partial charge in [0.25, 0.3) is 6.71 Å². The Hall–Kier alpha value is -8.44. The van der Waals surface area contributed by atoms with E-state index in [-0.39, 0.29) is 17.5 Å². The van der Waals surface area contributed by atoms with Crippen LogP contribution in [0.3, 0.4) is 0 Å². The molecule has 0 radical (unpaired) electrons. The number of nitrogens with zero attached hydrogens (tertiary/aromatic N) is 2. The van der Waals surface area contributed by atoms with Crippen LogP contribution in [0.1, 0.15) is 102 Å². The lowest BCUT2D eigenvalue weighted by molar-refractivity contribution is 0.590. The van der Waals surface area contributed by atoms with Crippen LogP contribution in [0.5, 0.6) is 0 Å². The molecule has 0 bridgehead atoms. The van der Waals surface area contributed by atoms with E-state index in [1.807, 2.05) is 0 Å². The van der Waals surface area contributed by atoms with Crippen LogP contribution in [0, 0.1) is 6.92 Å². The summed E-state index contributed by atoms with van der Waals surface area (Å²) < 4.78 is 1.40. The predicted octanol–water partition coefficient (Wildman–Crippen LogP) is 17.4. The first-order chi connectivity index (χ1) is 38.4. The van der Waals surface area contributed by atoms with E-state index in [1.54, 1.807) is 0 Å². The second-order valence-corrected chi connectivity index (χ2v) is 26.2. The highest BCUT2D eigenvalue weighted by molar-refractivity contribution is 7.30. The lowest BCUT2D eigenvalue weighted by Gasteiger charge is -2.44. The molecular formula is C75H57BN2S. The smallest absolute Gasteiger partial charge is 0.264 e. The van der Waals surface area contributed by atoms with Gasteiger partial charge in [-0.15, -0.1) is 11.3 Å². The van der Waals surface area contributed by atoms with Gasteiger partial charge in [-0.3, -0.25) is 0 Å². The molecule has 2 nitrogen and oxygen atoms in total. The van der Waals surface area contributed by atoms with E-state index in [0.717, 1.165) is 0 Å². The van der Waals surface area contributed by atoms with E-state index >= 15 is 0 Å². The normalized spacial score (nSPS) is 15.4. The average molecular weight is 1030 g/mol. The van der Waals surface area contributed by atoms with Crippen molar-refractivity contribution < 1.29 is 0 Å². The molecule has 10 aromatic carbocycles. The lowest BCUT2D eigenvalue weighted by atomic mass is 9.35. The maximum Gasteiger partial charge on any atom is 0.264 e. The van der Waals surface area contributed by atoms with Gasteiger partial charge in [0.2, 0.25) is 0 Å². The quantitative estimate of drug-likeness (QED) is 0.159. The van der Waals surface area contributed by atoms with Gasteiger partial charge in [0, 0.05) is 43.7 Å². The van der Waals surface area contributed by atoms with Crippen LogP contribution < -0.4 is 25.5 Å². The van der Waals surface area contributed by atoms with E-state index in [9.17, 15) is 0 Å². The molecule has 11 aromatic rings. The number of fused-ring (bicyclic) bond motifs is 25. The van der Waals surface area contributed by atoms with Crippen molar-refractivity contribution in [1.82, 2.24) is 0 Å². The molecule has 0 saturated heterocycles. The number of hydrogen-bond acceptors (Lipinski definition) is 3. The molecule has 79 heavy (non-hydrogen) atoms. The van der Waals surface area contributed by atoms with Gasteiger partial charge in [-0.05, 0) is 166 Å². The van der Waals surface area contributed by atoms with Crippen LogP contribution in [-0.2, 0) is 21.7 Å². The van der Waals surface area contributed by atoms with E-state index in [4.69, 9.17) is 0 Å². The molecule has 2 aliphatic heterocycles. The van der Waals surface area contributed by atoms with Gasteiger partial charge in [-0.25, -0.2) is 0 Å². The molecule has 4 heteroatoms. The SMILES string of the molecule is Cc1cc2c3c(c1)N(c1ccc(C(C)(C)C)cc1)c1c(sc4c1-c1ccccc1C41c4ccccc4-c4ccccc41)B3c1cc3c(cc1N2c1ccc(C(C)(C)C)cc1)-c1ccccc1C31c2ccccc2-c2ccccc21. The fraction of sp³-hybridized carbons (Fsp3) is 0.147. The number of benzene rings is 10. The molecule has 0 N–H and O–H groups in total. The summed E-state index contributed by atoms with van der Waals surface area (Å²) in [5.74, 6) is 0. The van der Waals surface area contributed by atoms with Crippen LogP contribution >= 0.6 is 11.3 Å². The van der Waals surface area contributed by atoms with Crippen molar-refractivity contribution in [2.75, 3.05) is 9.80 Å². The van der Waals surface area contributed by atoms with Gasteiger partial charge in [0.15, 0.2) is 0 Å². The predicted molar refractivity (Wildman–Crippen MR) is 333 cm³/mol. The van der Waals surface area contributed by atoms with Crippen molar-refractivity contribution in [3.05, 3.63) is 279 Å². The highest BCUT2D eigenvalue weighted by atomic mass is 32.1. The Labute approximate surface area is 468 Å².